The van der Waals surface area contributed by atoms with Crippen molar-refractivity contribution in [3.63, 3.8) is 0 Å². The van der Waals surface area contributed by atoms with Crippen LogP contribution in [0.3, 0.4) is 0 Å². The van der Waals surface area contributed by atoms with E-state index in [2.05, 4.69) is 0 Å². The molecule has 0 aromatic heterocycles. The molecule has 1 nitrogen and oxygen atoms in total. The summed E-state index contributed by atoms with van der Waals surface area (Å²) in [6.07, 6.45) is -9.83. The third-order valence-electron chi connectivity index (χ3n) is 5.20. The Hall–Kier alpha value is -3.48. The molecule has 0 fully saturated rings. The highest BCUT2D eigenvalue weighted by Gasteiger charge is 2.37. The average Bonchev–Trinajstić information content (AvgIpc) is 2.77. The lowest BCUT2D eigenvalue weighted by Gasteiger charge is -2.17. The van der Waals surface area contributed by atoms with Gasteiger partial charge in [0.05, 0.1) is 18.2 Å². The summed E-state index contributed by atoms with van der Waals surface area (Å²) in [5.74, 6) is 0.627. The van der Waals surface area contributed by atoms with Crippen LogP contribution in [0.1, 0.15) is 11.1 Å². The fourth-order valence-electron chi connectivity index (χ4n) is 3.70. The summed E-state index contributed by atoms with van der Waals surface area (Å²) in [7, 11) is 1.52. The smallest absolute Gasteiger partial charge is 0.416 e. The number of halogens is 6. The van der Waals surface area contributed by atoms with Crippen molar-refractivity contribution in [3.05, 3.63) is 90.0 Å². The van der Waals surface area contributed by atoms with Crippen LogP contribution in [-0.2, 0) is 12.4 Å². The maximum absolute atomic E-state index is 13.4. The van der Waals surface area contributed by atoms with E-state index >= 15 is 0 Å². The molecule has 4 aromatic rings. The van der Waals surface area contributed by atoms with Gasteiger partial charge in [-0.05, 0) is 63.4 Å². The maximum atomic E-state index is 13.4. The molecule has 0 N–H and O–H groups in total. The molecule has 0 saturated heterocycles. The first-order valence-corrected chi connectivity index (χ1v) is 9.54. The van der Waals surface area contributed by atoms with Gasteiger partial charge in [0, 0.05) is 0 Å². The summed E-state index contributed by atoms with van der Waals surface area (Å²) in [5, 5.41) is 1.26. The molecule has 4 aromatic carbocycles. The van der Waals surface area contributed by atoms with Gasteiger partial charge in [0.25, 0.3) is 0 Å². The number of hydrogen-bond donors (Lipinski definition) is 0. The fraction of sp³-hybridized carbons (Fsp3) is 0.120. The molecular weight excluding hydrogens is 430 g/mol. The van der Waals surface area contributed by atoms with E-state index in [4.69, 9.17) is 4.74 Å². The van der Waals surface area contributed by atoms with Gasteiger partial charge in [-0.15, -0.1) is 0 Å². The quantitative estimate of drug-likeness (QED) is 0.288. The van der Waals surface area contributed by atoms with Crippen LogP contribution in [0, 0.1) is 0 Å². The average molecular weight is 446 g/mol. The summed E-state index contributed by atoms with van der Waals surface area (Å²) >= 11 is 0. The van der Waals surface area contributed by atoms with E-state index in [1.807, 2.05) is 0 Å². The second kappa shape index (κ2) is 7.89. The lowest BCUT2D eigenvalue weighted by molar-refractivity contribution is -0.143. The first-order chi connectivity index (χ1) is 15.1. The maximum Gasteiger partial charge on any atom is 0.416 e. The molecule has 0 unspecified atom stereocenters. The predicted octanol–water partition coefficient (Wildman–Crippen LogP) is 8.22. The molecule has 0 heterocycles. The molecule has 0 amide bonds. The Kier molecular flexibility index (Phi) is 5.36. The van der Waals surface area contributed by atoms with Crippen LogP contribution in [-0.4, -0.2) is 7.11 Å². The minimum atomic E-state index is -4.92. The van der Waals surface area contributed by atoms with E-state index in [9.17, 15) is 26.3 Å². The van der Waals surface area contributed by atoms with Crippen molar-refractivity contribution in [2.75, 3.05) is 7.11 Å². The molecule has 0 aliphatic heterocycles. The van der Waals surface area contributed by atoms with Gasteiger partial charge in [0.2, 0.25) is 0 Å². The van der Waals surface area contributed by atoms with E-state index in [0.29, 0.717) is 22.1 Å². The van der Waals surface area contributed by atoms with Gasteiger partial charge in [-0.1, -0.05) is 48.5 Å². The van der Waals surface area contributed by atoms with Crippen LogP contribution in [0.25, 0.3) is 33.0 Å². The van der Waals surface area contributed by atoms with E-state index < -0.39 is 23.5 Å². The number of ether oxygens (including phenoxy) is 1. The molecule has 7 heteroatoms. The number of fused-ring (bicyclic) bond motifs is 1. The zero-order valence-corrected chi connectivity index (χ0v) is 16.7. The van der Waals surface area contributed by atoms with Crippen LogP contribution in [0.4, 0.5) is 26.3 Å². The highest BCUT2D eigenvalue weighted by atomic mass is 19.4. The van der Waals surface area contributed by atoms with E-state index in [1.54, 1.807) is 54.6 Å². The molecule has 0 spiro atoms. The topological polar surface area (TPSA) is 9.23 Å². The first kappa shape index (κ1) is 21.7. The van der Waals surface area contributed by atoms with Gasteiger partial charge in [0.1, 0.15) is 5.75 Å². The zero-order chi connectivity index (χ0) is 23.1. The Morgan fingerprint density at radius 2 is 1.09 bits per heavy atom. The Labute approximate surface area is 179 Å². The van der Waals surface area contributed by atoms with Crippen molar-refractivity contribution >= 4 is 10.8 Å². The fourth-order valence-corrected chi connectivity index (χ4v) is 3.70. The molecule has 4 rings (SSSR count). The third-order valence-corrected chi connectivity index (χ3v) is 5.20. The van der Waals surface area contributed by atoms with Gasteiger partial charge in [-0.3, -0.25) is 0 Å². The molecule has 0 aliphatic rings. The van der Waals surface area contributed by atoms with Crippen molar-refractivity contribution < 1.29 is 31.1 Å². The summed E-state index contributed by atoms with van der Waals surface area (Å²) in [6.45, 7) is 0. The normalized spacial score (nSPS) is 12.2. The molecule has 0 atom stereocenters. The number of alkyl halides is 6. The Morgan fingerprint density at radius 1 is 0.594 bits per heavy atom. The lowest BCUT2D eigenvalue weighted by atomic mass is 9.90. The number of benzene rings is 4. The lowest BCUT2D eigenvalue weighted by Crippen LogP contribution is -2.11. The van der Waals surface area contributed by atoms with Crippen molar-refractivity contribution in [1.82, 2.24) is 0 Å². The van der Waals surface area contributed by atoms with Gasteiger partial charge < -0.3 is 4.74 Å². The Bertz CT molecular complexity index is 1230. The number of hydrogen-bond acceptors (Lipinski definition) is 1. The predicted molar refractivity (Wildman–Crippen MR) is 111 cm³/mol. The molecule has 0 bridgehead atoms. The summed E-state index contributed by atoms with van der Waals surface area (Å²) in [4.78, 5) is 0. The van der Waals surface area contributed by atoms with E-state index in [1.165, 1.54) is 13.2 Å². The van der Waals surface area contributed by atoms with Crippen molar-refractivity contribution in [3.8, 4) is 28.0 Å². The van der Waals surface area contributed by atoms with Gasteiger partial charge >= 0.3 is 12.4 Å². The van der Waals surface area contributed by atoms with Crippen LogP contribution in [0.5, 0.6) is 5.75 Å². The SMILES string of the molecule is COc1ccc(-c2cccc3cccc(-c4cc(C(F)(F)F)cc(C(F)(F)F)c4)c23)cc1. The minimum absolute atomic E-state index is 0.138. The van der Waals surface area contributed by atoms with E-state index in [0.717, 1.165) is 17.7 Å². The highest BCUT2D eigenvalue weighted by Crippen LogP contribution is 2.42. The van der Waals surface area contributed by atoms with Gasteiger partial charge in [0.15, 0.2) is 0 Å². The second-order valence-electron chi connectivity index (χ2n) is 7.23. The Balaban J connectivity index is 2.01. The van der Waals surface area contributed by atoms with Gasteiger partial charge in [-0.25, -0.2) is 0 Å². The molecule has 0 saturated carbocycles. The molecule has 0 aliphatic carbocycles. The number of rotatable bonds is 3. The van der Waals surface area contributed by atoms with Gasteiger partial charge in [-0.2, -0.15) is 26.3 Å². The van der Waals surface area contributed by atoms with Crippen molar-refractivity contribution in [1.29, 1.82) is 0 Å². The molecule has 0 radical (unpaired) electrons. The van der Waals surface area contributed by atoms with Crippen molar-refractivity contribution in [2.24, 2.45) is 0 Å². The standard InChI is InChI=1S/C25H16F6O/c1-32-20-10-8-15(9-11-20)21-6-2-4-16-5-3-7-22(23(16)21)17-12-18(24(26,27)28)14-19(13-17)25(29,30)31/h2-14H,1H3. The monoisotopic (exact) mass is 446 g/mol. The van der Waals surface area contributed by atoms with E-state index in [-0.39, 0.29) is 17.2 Å². The Morgan fingerprint density at radius 3 is 1.56 bits per heavy atom. The molecule has 32 heavy (non-hydrogen) atoms. The van der Waals surface area contributed by atoms with Crippen LogP contribution in [0.2, 0.25) is 0 Å². The summed E-state index contributed by atoms with van der Waals surface area (Å²) in [5.41, 5.74) is -1.12. The summed E-state index contributed by atoms with van der Waals surface area (Å²) in [6, 6.07) is 19.0. The molecule has 164 valence electrons. The molecular formula is C25H16F6O. The first-order valence-electron chi connectivity index (χ1n) is 9.54. The van der Waals surface area contributed by atoms with Crippen LogP contribution >= 0.6 is 0 Å². The third kappa shape index (κ3) is 4.15. The zero-order valence-electron chi connectivity index (χ0n) is 16.7. The highest BCUT2D eigenvalue weighted by molar-refractivity contribution is 6.06. The minimum Gasteiger partial charge on any atom is -0.497 e. The largest absolute Gasteiger partial charge is 0.497 e. The van der Waals surface area contributed by atoms with Crippen LogP contribution < -0.4 is 4.74 Å². The number of methoxy groups -OCH3 is 1. The van der Waals surface area contributed by atoms with Crippen LogP contribution in [0.15, 0.2) is 78.9 Å². The summed E-state index contributed by atoms with van der Waals surface area (Å²) < 4.78 is 85.6. The van der Waals surface area contributed by atoms with Crippen molar-refractivity contribution in [2.45, 2.75) is 12.4 Å². The second-order valence-corrected chi connectivity index (χ2v) is 7.23.